The lowest BCUT2D eigenvalue weighted by Gasteiger charge is -2.12. The first kappa shape index (κ1) is 13.0. The Bertz CT molecular complexity index is 270. The molecular formula is C11H23NO2S. The van der Waals surface area contributed by atoms with Crippen LogP contribution in [0.25, 0.3) is 0 Å². The summed E-state index contributed by atoms with van der Waals surface area (Å²) >= 11 is 0. The van der Waals surface area contributed by atoms with Gasteiger partial charge in [0.25, 0.3) is 0 Å². The van der Waals surface area contributed by atoms with Gasteiger partial charge in [0, 0.05) is 11.8 Å². The summed E-state index contributed by atoms with van der Waals surface area (Å²) in [7, 11) is -2.78. The second kappa shape index (κ2) is 5.85. The second-order valence-corrected chi connectivity index (χ2v) is 7.03. The van der Waals surface area contributed by atoms with E-state index in [4.69, 9.17) is 0 Å². The van der Waals surface area contributed by atoms with E-state index >= 15 is 0 Å². The molecule has 0 saturated heterocycles. The van der Waals surface area contributed by atoms with E-state index in [9.17, 15) is 8.42 Å². The molecule has 1 N–H and O–H groups in total. The third-order valence-electron chi connectivity index (χ3n) is 2.77. The van der Waals surface area contributed by atoms with E-state index in [2.05, 4.69) is 12.2 Å². The highest BCUT2D eigenvalue weighted by atomic mass is 32.2. The molecule has 1 fully saturated rings. The Morgan fingerprint density at radius 1 is 1.33 bits per heavy atom. The fraction of sp³-hybridized carbons (Fsp3) is 1.00. The molecule has 0 aromatic carbocycles. The van der Waals surface area contributed by atoms with Crippen LogP contribution in [0.3, 0.4) is 0 Å². The SMILES string of the molecule is CCCS(=O)(=O)CCC(C)CNC1CC1. The maximum absolute atomic E-state index is 11.5. The van der Waals surface area contributed by atoms with Gasteiger partial charge in [-0.3, -0.25) is 0 Å². The molecule has 1 unspecified atom stereocenters. The summed E-state index contributed by atoms with van der Waals surface area (Å²) in [5.74, 6) is 1.17. The van der Waals surface area contributed by atoms with Crippen molar-refractivity contribution in [2.75, 3.05) is 18.1 Å². The molecule has 15 heavy (non-hydrogen) atoms. The van der Waals surface area contributed by atoms with Gasteiger partial charge in [-0.05, 0) is 38.1 Å². The van der Waals surface area contributed by atoms with Crippen LogP contribution in [-0.2, 0) is 9.84 Å². The summed E-state index contributed by atoms with van der Waals surface area (Å²) in [6, 6.07) is 0.722. The minimum Gasteiger partial charge on any atom is -0.314 e. The first-order valence-electron chi connectivity index (χ1n) is 5.97. The maximum Gasteiger partial charge on any atom is 0.150 e. The van der Waals surface area contributed by atoms with Crippen LogP contribution in [0.15, 0.2) is 0 Å². The largest absolute Gasteiger partial charge is 0.314 e. The predicted molar refractivity (Wildman–Crippen MR) is 63.8 cm³/mol. The van der Waals surface area contributed by atoms with E-state index in [1.165, 1.54) is 12.8 Å². The molecule has 0 spiro atoms. The van der Waals surface area contributed by atoms with Gasteiger partial charge in [-0.2, -0.15) is 0 Å². The van der Waals surface area contributed by atoms with Crippen molar-refractivity contribution in [2.45, 2.75) is 45.6 Å². The zero-order chi connectivity index (χ0) is 11.3. The normalized spacial score (nSPS) is 19.1. The van der Waals surface area contributed by atoms with Gasteiger partial charge in [0.05, 0.1) is 5.75 Å². The average Bonchev–Trinajstić information content (AvgIpc) is 2.95. The summed E-state index contributed by atoms with van der Waals surface area (Å²) in [6.07, 6.45) is 4.11. The summed E-state index contributed by atoms with van der Waals surface area (Å²) in [5, 5.41) is 3.43. The first-order valence-corrected chi connectivity index (χ1v) is 7.79. The zero-order valence-corrected chi connectivity index (χ0v) is 10.6. The second-order valence-electron chi connectivity index (χ2n) is 4.73. The highest BCUT2D eigenvalue weighted by molar-refractivity contribution is 7.91. The van der Waals surface area contributed by atoms with Crippen LogP contribution >= 0.6 is 0 Å². The minimum atomic E-state index is -2.78. The van der Waals surface area contributed by atoms with Gasteiger partial charge in [0.15, 0.2) is 0 Å². The molecule has 0 amide bonds. The lowest BCUT2D eigenvalue weighted by Crippen LogP contribution is -2.25. The van der Waals surface area contributed by atoms with Crippen LogP contribution in [0.4, 0.5) is 0 Å². The van der Waals surface area contributed by atoms with Gasteiger partial charge in [0.2, 0.25) is 0 Å². The topological polar surface area (TPSA) is 46.2 Å². The smallest absolute Gasteiger partial charge is 0.150 e. The van der Waals surface area contributed by atoms with Gasteiger partial charge in [-0.15, -0.1) is 0 Å². The Hall–Kier alpha value is -0.0900. The van der Waals surface area contributed by atoms with Crippen molar-refractivity contribution in [3.05, 3.63) is 0 Å². The predicted octanol–water partition coefficient (Wildman–Crippen LogP) is 1.59. The Labute approximate surface area is 93.6 Å². The third-order valence-corrected chi connectivity index (χ3v) is 4.66. The number of hydrogen-bond donors (Lipinski definition) is 1. The number of nitrogens with one attached hydrogen (secondary N) is 1. The van der Waals surface area contributed by atoms with Gasteiger partial charge in [0.1, 0.15) is 9.84 Å². The van der Waals surface area contributed by atoms with Crippen LogP contribution in [-0.4, -0.2) is 32.5 Å². The van der Waals surface area contributed by atoms with E-state index in [1.54, 1.807) is 0 Å². The van der Waals surface area contributed by atoms with Crippen molar-refractivity contribution in [3.63, 3.8) is 0 Å². The molecule has 0 aromatic heterocycles. The molecule has 1 atom stereocenters. The molecule has 1 saturated carbocycles. The lowest BCUT2D eigenvalue weighted by atomic mass is 10.1. The van der Waals surface area contributed by atoms with Crippen molar-refractivity contribution >= 4 is 9.84 Å². The van der Waals surface area contributed by atoms with Crippen molar-refractivity contribution in [1.82, 2.24) is 5.32 Å². The van der Waals surface area contributed by atoms with Crippen LogP contribution in [0.5, 0.6) is 0 Å². The Morgan fingerprint density at radius 3 is 2.53 bits per heavy atom. The average molecular weight is 233 g/mol. The molecule has 1 aliphatic carbocycles. The molecule has 3 nitrogen and oxygen atoms in total. The van der Waals surface area contributed by atoms with Crippen LogP contribution in [0.2, 0.25) is 0 Å². The van der Waals surface area contributed by atoms with E-state index in [0.29, 0.717) is 17.4 Å². The van der Waals surface area contributed by atoms with Gasteiger partial charge in [-0.1, -0.05) is 13.8 Å². The molecule has 90 valence electrons. The number of hydrogen-bond acceptors (Lipinski definition) is 3. The monoisotopic (exact) mass is 233 g/mol. The standard InChI is InChI=1S/C11H23NO2S/c1-3-7-15(13,14)8-6-10(2)9-12-11-4-5-11/h10-12H,3-9H2,1-2H3. The summed E-state index contributed by atoms with van der Waals surface area (Å²) in [6.45, 7) is 5.00. The first-order chi connectivity index (χ1) is 7.03. The molecule has 0 bridgehead atoms. The molecule has 1 rings (SSSR count). The lowest BCUT2D eigenvalue weighted by molar-refractivity contribution is 0.494. The van der Waals surface area contributed by atoms with Gasteiger partial charge >= 0.3 is 0 Å². The van der Waals surface area contributed by atoms with Crippen LogP contribution in [0, 0.1) is 5.92 Å². The molecule has 0 aromatic rings. The summed E-state index contributed by atoms with van der Waals surface area (Å²) in [5.41, 5.74) is 0. The number of sulfone groups is 1. The van der Waals surface area contributed by atoms with Gasteiger partial charge < -0.3 is 5.32 Å². The zero-order valence-electron chi connectivity index (χ0n) is 9.83. The number of rotatable bonds is 8. The Balaban J connectivity index is 2.11. The maximum atomic E-state index is 11.5. The highest BCUT2D eigenvalue weighted by Crippen LogP contribution is 2.19. The van der Waals surface area contributed by atoms with E-state index in [0.717, 1.165) is 25.4 Å². The summed E-state index contributed by atoms with van der Waals surface area (Å²) in [4.78, 5) is 0. The van der Waals surface area contributed by atoms with E-state index in [1.807, 2.05) is 6.92 Å². The van der Waals surface area contributed by atoms with E-state index in [-0.39, 0.29) is 0 Å². The Kier molecular flexibility index (Phi) is 5.06. The van der Waals surface area contributed by atoms with Crippen molar-refractivity contribution in [2.24, 2.45) is 5.92 Å². The van der Waals surface area contributed by atoms with Crippen molar-refractivity contribution in [3.8, 4) is 0 Å². The van der Waals surface area contributed by atoms with Crippen molar-refractivity contribution < 1.29 is 8.42 Å². The van der Waals surface area contributed by atoms with Crippen LogP contribution < -0.4 is 5.32 Å². The quantitative estimate of drug-likeness (QED) is 0.692. The molecule has 4 heteroatoms. The van der Waals surface area contributed by atoms with Crippen LogP contribution in [0.1, 0.15) is 39.5 Å². The fourth-order valence-corrected chi connectivity index (χ4v) is 3.14. The molecular weight excluding hydrogens is 210 g/mol. The minimum absolute atomic E-state index is 0.343. The molecule has 0 radical (unpaired) electrons. The Morgan fingerprint density at radius 2 is 2.00 bits per heavy atom. The van der Waals surface area contributed by atoms with Crippen molar-refractivity contribution in [1.29, 1.82) is 0 Å². The molecule has 0 heterocycles. The van der Waals surface area contributed by atoms with Gasteiger partial charge in [-0.25, -0.2) is 8.42 Å². The fourth-order valence-electron chi connectivity index (χ4n) is 1.55. The van der Waals surface area contributed by atoms with E-state index < -0.39 is 9.84 Å². The summed E-state index contributed by atoms with van der Waals surface area (Å²) < 4.78 is 22.9. The molecule has 0 aliphatic heterocycles. The third kappa shape index (κ3) is 6.15. The highest BCUT2D eigenvalue weighted by Gasteiger charge is 2.21. The molecule has 1 aliphatic rings.